The van der Waals surface area contributed by atoms with Crippen molar-refractivity contribution in [3.63, 3.8) is 0 Å². The van der Waals surface area contributed by atoms with E-state index in [-0.39, 0.29) is 34.7 Å². The first-order valence-corrected chi connectivity index (χ1v) is 12.3. The molecule has 0 spiro atoms. The molecule has 0 atom stereocenters. The van der Waals surface area contributed by atoms with Gasteiger partial charge in [-0.2, -0.15) is 17.5 Å². The maximum Gasteiger partial charge on any atom is 0.416 e. The first-order chi connectivity index (χ1) is 15.5. The summed E-state index contributed by atoms with van der Waals surface area (Å²) in [4.78, 5) is 19.2. The predicted octanol–water partition coefficient (Wildman–Crippen LogP) is 4.69. The second-order valence-electron chi connectivity index (χ2n) is 7.23. The summed E-state index contributed by atoms with van der Waals surface area (Å²) in [7, 11) is -3.78. The number of rotatable bonds is 4. The van der Waals surface area contributed by atoms with E-state index in [2.05, 4.69) is 9.36 Å². The van der Waals surface area contributed by atoms with E-state index >= 15 is 0 Å². The normalized spacial score (nSPS) is 14.3. The Bertz CT molecular complexity index is 1310. The first kappa shape index (κ1) is 23.5. The molecule has 7 nitrogen and oxygen atoms in total. The van der Waals surface area contributed by atoms with E-state index in [0.29, 0.717) is 22.1 Å². The van der Waals surface area contributed by atoms with Crippen LogP contribution in [-0.2, 0) is 26.6 Å². The second kappa shape index (κ2) is 8.58. The molecule has 3 aromatic rings. The molecular weight excluding hydrogens is 501 g/mol. The summed E-state index contributed by atoms with van der Waals surface area (Å²) < 4.78 is 68.7. The SMILES string of the molecule is CC(=O)N1CCN(c2ccc(C(F)(F)F)cc2Cl)c2ccc(S(=O)(=O)Cc3ncns3)cc21. The van der Waals surface area contributed by atoms with Gasteiger partial charge in [-0.3, -0.25) is 4.79 Å². The lowest BCUT2D eigenvalue weighted by Crippen LogP contribution is -2.41. The van der Waals surface area contributed by atoms with Crippen molar-refractivity contribution in [3.8, 4) is 0 Å². The zero-order valence-corrected chi connectivity index (χ0v) is 19.4. The van der Waals surface area contributed by atoms with Gasteiger partial charge in [0.1, 0.15) is 17.1 Å². The standard InChI is InChI=1S/C20H16ClF3N4O3S2/c1-12(29)27-6-7-28(16-4-2-13(8-15(16)21)20(22,23)24)17-5-3-14(9-18(17)27)33(30,31)10-19-25-11-26-32-19/h2-5,8-9,11H,6-7,10H2,1H3. The van der Waals surface area contributed by atoms with Crippen molar-refractivity contribution >= 4 is 55.9 Å². The smallest absolute Gasteiger partial charge is 0.337 e. The summed E-state index contributed by atoms with van der Waals surface area (Å²) in [5, 5.41) is 0.217. The minimum absolute atomic E-state index is 0.0110. The minimum atomic E-state index is -4.54. The van der Waals surface area contributed by atoms with E-state index in [1.807, 2.05) is 0 Å². The van der Waals surface area contributed by atoms with E-state index in [1.165, 1.54) is 42.4 Å². The highest BCUT2D eigenvalue weighted by Crippen LogP contribution is 2.43. The monoisotopic (exact) mass is 516 g/mol. The summed E-state index contributed by atoms with van der Waals surface area (Å²) in [5.74, 6) is -0.640. The van der Waals surface area contributed by atoms with Crippen LogP contribution < -0.4 is 9.80 Å². The molecule has 0 bridgehead atoms. The van der Waals surface area contributed by atoms with Crippen molar-refractivity contribution in [1.29, 1.82) is 0 Å². The Morgan fingerprint density at radius 1 is 1.12 bits per heavy atom. The number of halogens is 4. The second-order valence-corrected chi connectivity index (χ2v) is 10.5. The molecule has 13 heteroatoms. The number of alkyl halides is 3. The molecule has 174 valence electrons. The largest absolute Gasteiger partial charge is 0.416 e. The number of hydrogen-bond acceptors (Lipinski definition) is 7. The summed E-state index contributed by atoms with van der Waals surface area (Å²) in [6, 6.07) is 7.33. The van der Waals surface area contributed by atoms with Gasteiger partial charge in [-0.1, -0.05) is 11.6 Å². The number of hydrogen-bond donors (Lipinski definition) is 0. The number of aromatic nitrogens is 2. The van der Waals surface area contributed by atoms with E-state index < -0.39 is 21.6 Å². The van der Waals surface area contributed by atoms with Crippen molar-refractivity contribution in [1.82, 2.24) is 9.36 Å². The Labute approximate surface area is 196 Å². The molecule has 1 aliphatic heterocycles. The van der Waals surface area contributed by atoms with Gasteiger partial charge in [0.05, 0.1) is 32.5 Å². The van der Waals surface area contributed by atoms with Crippen LogP contribution in [0.1, 0.15) is 17.5 Å². The molecule has 0 N–H and O–H groups in total. The van der Waals surface area contributed by atoms with Gasteiger partial charge in [-0.25, -0.2) is 13.4 Å². The van der Waals surface area contributed by atoms with Gasteiger partial charge >= 0.3 is 6.18 Å². The molecule has 4 rings (SSSR count). The number of benzene rings is 2. The summed E-state index contributed by atoms with van der Waals surface area (Å²) in [5.41, 5.74) is 0.214. The lowest BCUT2D eigenvalue weighted by molar-refractivity contribution is -0.137. The number of fused-ring (bicyclic) bond motifs is 1. The molecule has 0 aliphatic carbocycles. The van der Waals surface area contributed by atoms with Crippen LogP contribution in [-0.4, -0.2) is 36.8 Å². The molecule has 0 saturated heterocycles. The van der Waals surface area contributed by atoms with Crippen molar-refractivity contribution in [3.05, 3.63) is 58.3 Å². The molecule has 0 saturated carbocycles. The molecule has 0 unspecified atom stereocenters. The van der Waals surface area contributed by atoms with Crippen LogP contribution in [0.3, 0.4) is 0 Å². The topological polar surface area (TPSA) is 83.5 Å². The van der Waals surface area contributed by atoms with Gasteiger partial charge < -0.3 is 9.80 Å². The highest BCUT2D eigenvalue weighted by atomic mass is 35.5. The lowest BCUT2D eigenvalue weighted by atomic mass is 10.1. The fourth-order valence-corrected chi connectivity index (χ4v) is 5.97. The van der Waals surface area contributed by atoms with Gasteiger partial charge in [0.15, 0.2) is 9.84 Å². The Kier molecular flexibility index (Phi) is 6.10. The van der Waals surface area contributed by atoms with Gasteiger partial charge in [0.25, 0.3) is 0 Å². The van der Waals surface area contributed by atoms with E-state index in [0.717, 1.165) is 23.7 Å². The summed E-state index contributed by atoms with van der Waals surface area (Å²) >= 11 is 7.16. The molecule has 0 fully saturated rings. The Morgan fingerprint density at radius 3 is 2.45 bits per heavy atom. The molecule has 2 aromatic carbocycles. The number of anilines is 3. The zero-order valence-electron chi connectivity index (χ0n) is 17.0. The maximum atomic E-state index is 13.0. The molecular formula is C20H16ClF3N4O3S2. The van der Waals surface area contributed by atoms with Gasteiger partial charge in [-0.05, 0) is 47.9 Å². The average molecular weight is 517 g/mol. The predicted molar refractivity (Wildman–Crippen MR) is 119 cm³/mol. The van der Waals surface area contributed by atoms with Crippen molar-refractivity contribution in [2.24, 2.45) is 0 Å². The summed E-state index contributed by atoms with van der Waals surface area (Å²) in [6.45, 7) is 1.81. The number of carbonyl (C=O) groups excluding carboxylic acids is 1. The third kappa shape index (κ3) is 4.68. The van der Waals surface area contributed by atoms with Crippen LogP contribution in [0.4, 0.5) is 30.2 Å². The molecule has 1 amide bonds. The number of carbonyl (C=O) groups is 1. The van der Waals surface area contributed by atoms with Crippen LogP contribution in [0, 0.1) is 0 Å². The summed E-state index contributed by atoms with van der Waals surface area (Å²) in [6.07, 6.45) is -3.27. The van der Waals surface area contributed by atoms with Gasteiger partial charge in [0, 0.05) is 20.0 Å². The maximum absolute atomic E-state index is 13.0. The third-order valence-corrected chi connectivity index (χ3v) is 7.87. The third-order valence-electron chi connectivity index (χ3n) is 5.10. The Hall–Kier alpha value is -2.70. The van der Waals surface area contributed by atoms with Crippen LogP contribution >= 0.6 is 23.1 Å². The van der Waals surface area contributed by atoms with Crippen molar-refractivity contribution in [2.75, 3.05) is 22.9 Å². The van der Waals surface area contributed by atoms with E-state index in [9.17, 15) is 26.4 Å². The first-order valence-electron chi connectivity index (χ1n) is 9.52. The van der Waals surface area contributed by atoms with E-state index in [4.69, 9.17) is 11.6 Å². The number of amides is 1. The zero-order chi connectivity index (χ0) is 24.0. The van der Waals surface area contributed by atoms with Crippen molar-refractivity contribution in [2.45, 2.75) is 23.7 Å². The average Bonchev–Trinajstić information content (AvgIpc) is 3.24. The van der Waals surface area contributed by atoms with Crippen molar-refractivity contribution < 1.29 is 26.4 Å². The molecule has 1 aliphatic rings. The van der Waals surface area contributed by atoms with Crippen LogP contribution in [0.2, 0.25) is 5.02 Å². The van der Waals surface area contributed by atoms with Gasteiger partial charge in [-0.15, -0.1) is 0 Å². The molecule has 2 heterocycles. The highest BCUT2D eigenvalue weighted by molar-refractivity contribution is 7.90. The number of nitrogens with zero attached hydrogens (tertiary/aromatic N) is 4. The van der Waals surface area contributed by atoms with Crippen LogP contribution in [0.5, 0.6) is 0 Å². The molecule has 0 radical (unpaired) electrons. The van der Waals surface area contributed by atoms with Gasteiger partial charge in [0.2, 0.25) is 5.91 Å². The molecule has 33 heavy (non-hydrogen) atoms. The fraction of sp³-hybridized carbons (Fsp3) is 0.250. The Balaban J connectivity index is 1.77. The Morgan fingerprint density at radius 2 is 1.85 bits per heavy atom. The quantitative estimate of drug-likeness (QED) is 0.500. The van der Waals surface area contributed by atoms with Crippen LogP contribution in [0.25, 0.3) is 0 Å². The highest BCUT2D eigenvalue weighted by Gasteiger charge is 2.33. The fourth-order valence-electron chi connectivity index (χ4n) is 3.57. The van der Waals surface area contributed by atoms with E-state index in [1.54, 1.807) is 4.90 Å². The molecule has 1 aromatic heterocycles. The van der Waals surface area contributed by atoms with Crippen LogP contribution in [0.15, 0.2) is 47.6 Å². The minimum Gasteiger partial charge on any atom is -0.337 e. The lowest BCUT2D eigenvalue weighted by Gasteiger charge is -2.38. The number of sulfone groups is 1.